The van der Waals surface area contributed by atoms with Crippen LogP contribution in [0, 0.1) is 12.7 Å². The minimum absolute atomic E-state index is 0.125. The third-order valence-electron chi connectivity index (χ3n) is 2.73. The lowest BCUT2D eigenvalue weighted by Gasteiger charge is -2.08. The van der Waals surface area contributed by atoms with E-state index in [0.29, 0.717) is 4.47 Å². The highest BCUT2D eigenvalue weighted by molar-refractivity contribution is 9.10. The third-order valence-corrected chi connectivity index (χ3v) is 4.66. The Kier molecular flexibility index (Phi) is 4.57. The van der Waals surface area contributed by atoms with E-state index >= 15 is 0 Å². The van der Waals surface area contributed by atoms with Crippen molar-refractivity contribution in [2.75, 3.05) is 0 Å². The van der Waals surface area contributed by atoms with Crippen LogP contribution in [0.1, 0.15) is 11.1 Å². The minimum Gasteiger partial charge on any atom is -0.207 e. The normalized spacial score (nSPS) is 11.6. The number of aryl methyl sites for hydroxylation is 1. The summed E-state index contributed by atoms with van der Waals surface area (Å²) in [7, 11) is -3.86. The van der Waals surface area contributed by atoms with Crippen LogP contribution in [-0.4, -0.2) is 8.42 Å². The van der Waals surface area contributed by atoms with Crippen molar-refractivity contribution in [3.8, 4) is 0 Å². The molecule has 0 bridgehead atoms. The summed E-state index contributed by atoms with van der Waals surface area (Å²) in [5.74, 6) is -0.781. The van der Waals surface area contributed by atoms with Gasteiger partial charge in [-0.1, -0.05) is 45.8 Å². The van der Waals surface area contributed by atoms with Crippen LogP contribution in [0.25, 0.3) is 0 Å². The second-order valence-corrected chi connectivity index (χ2v) is 7.04. The molecule has 0 aliphatic carbocycles. The number of hydrogen-bond acceptors (Lipinski definition) is 2. The summed E-state index contributed by atoms with van der Waals surface area (Å²) in [5, 5.41) is 0. The quantitative estimate of drug-likeness (QED) is 0.911. The van der Waals surface area contributed by atoms with E-state index in [1.54, 1.807) is 0 Å². The number of hydrogen-bond donors (Lipinski definition) is 1. The van der Waals surface area contributed by atoms with Crippen LogP contribution < -0.4 is 4.72 Å². The summed E-state index contributed by atoms with van der Waals surface area (Å²) < 4.78 is 40.7. The molecular formula is C14H13BrFNO2S. The zero-order valence-corrected chi connectivity index (χ0v) is 13.1. The Hall–Kier alpha value is -1.24. The summed E-state index contributed by atoms with van der Waals surface area (Å²) in [6, 6.07) is 11.3. The molecule has 1 N–H and O–H groups in total. The SMILES string of the molecule is Cc1cccc(CNS(=O)(=O)c2ccc(Br)cc2F)c1. The van der Waals surface area contributed by atoms with Crippen molar-refractivity contribution in [1.82, 2.24) is 4.72 Å². The Balaban J connectivity index is 2.19. The summed E-state index contributed by atoms with van der Waals surface area (Å²) in [6.07, 6.45) is 0. The van der Waals surface area contributed by atoms with E-state index in [-0.39, 0.29) is 11.4 Å². The highest BCUT2D eigenvalue weighted by Crippen LogP contribution is 2.19. The van der Waals surface area contributed by atoms with Crippen LogP contribution >= 0.6 is 15.9 Å². The monoisotopic (exact) mass is 357 g/mol. The lowest BCUT2D eigenvalue weighted by Crippen LogP contribution is -2.24. The first-order valence-corrected chi connectivity index (χ1v) is 8.16. The van der Waals surface area contributed by atoms with Gasteiger partial charge in [0.05, 0.1) is 0 Å². The Morgan fingerprint density at radius 2 is 1.95 bits per heavy atom. The lowest BCUT2D eigenvalue weighted by molar-refractivity contribution is 0.556. The van der Waals surface area contributed by atoms with Gasteiger partial charge in [0.2, 0.25) is 10.0 Å². The average Bonchev–Trinajstić information content (AvgIpc) is 2.36. The first-order chi connectivity index (χ1) is 9.38. The van der Waals surface area contributed by atoms with Crippen LogP contribution in [0.3, 0.4) is 0 Å². The number of benzene rings is 2. The van der Waals surface area contributed by atoms with Crippen molar-refractivity contribution < 1.29 is 12.8 Å². The molecule has 0 saturated heterocycles. The molecule has 0 amide bonds. The van der Waals surface area contributed by atoms with Crippen molar-refractivity contribution in [3.63, 3.8) is 0 Å². The fourth-order valence-corrected chi connectivity index (χ4v) is 3.18. The van der Waals surface area contributed by atoms with Crippen LogP contribution in [0.5, 0.6) is 0 Å². The number of nitrogens with one attached hydrogen (secondary N) is 1. The van der Waals surface area contributed by atoms with E-state index in [1.807, 2.05) is 31.2 Å². The minimum atomic E-state index is -3.86. The van der Waals surface area contributed by atoms with Gasteiger partial charge in [-0.15, -0.1) is 0 Å². The smallest absolute Gasteiger partial charge is 0.207 e. The van der Waals surface area contributed by atoms with E-state index < -0.39 is 15.8 Å². The van der Waals surface area contributed by atoms with Gasteiger partial charge >= 0.3 is 0 Å². The van der Waals surface area contributed by atoms with Crippen molar-refractivity contribution in [2.24, 2.45) is 0 Å². The Morgan fingerprint density at radius 3 is 2.60 bits per heavy atom. The fourth-order valence-electron chi connectivity index (χ4n) is 1.77. The molecule has 0 radical (unpaired) electrons. The molecule has 0 aliphatic rings. The van der Waals surface area contributed by atoms with Crippen LogP contribution in [0.2, 0.25) is 0 Å². The van der Waals surface area contributed by atoms with E-state index in [4.69, 9.17) is 0 Å². The average molecular weight is 358 g/mol. The van der Waals surface area contributed by atoms with Crippen molar-refractivity contribution in [1.29, 1.82) is 0 Å². The lowest BCUT2D eigenvalue weighted by atomic mass is 10.1. The molecule has 2 aromatic rings. The molecule has 3 nitrogen and oxygen atoms in total. The Labute approximate surface area is 126 Å². The predicted octanol–water partition coefficient (Wildman–Crippen LogP) is 3.38. The molecule has 20 heavy (non-hydrogen) atoms. The fraction of sp³-hybridized carbons (Fsp3) is 0.143. The topological polar surface area (TPSA) is 46.2 Å². The molecule has 0 fully saturated rings. The second-order valence-electron chi connectivity index (χ2n) is 4.39. The summed E-state index contributed by atoms with van der Waals surface area (Å²) in [6.45, 7) is 2.05. The first kappa shape index (κ1) is 15.2. The molecule has 0 saturated carbocycles. The molecule has 0 aromatic heterocycles. The molecule has 106 valence electrons. The molecule has 6 heteroatoms. The maximum Gasteiger partial charge on any atom is 0.243 e. The Morgan fingerprint density at radius 1 is 1.20 bits per heavy atom. The molecule has 0 atom stereocenters. The van der Waals surface area contributed by atoms with E-state index in [1.165, 1.54) is 12.1 Å². The highest BCUT2D eigenvalue weighted by atomic mass is 79.9. The molecule has 2 rings (SSSR count). The first-order valence-electron chi connectivity index (χ1n) is 5.89. The van der Waals surface area contributed by atoms with Crippen molar-refractivity contribution in [3.05, 3.63) is 63.9 Å². The summed E-state index contributed by atoms with van der Waals surface area (Å²) >= 11 is 3.09. The van der Waals surface area contributed by atoms with Gasteiger partial charge in [0.25, 0.3) is 0 Å². The molecule has 0 aliphatic heterocycles. The molecule has 0 spiro atoms. The standard InChI is InChI=1S/C14H13BrFNO2S/c1-10-3-2-4-11(7-10)9-17-20(18,19)14-6-5-12(15)8-13(14)16/h2-8,17H,9H2,1H3. The molecule has 2 aromatic carbocycles. The summed E-state index contributed by atoms with van der Waals surface area (Å²) in [4.78, 5) is -0.353. The van der Waals surface area contributed by atoms with Crippen LogP contribution in [0.4, 0.5) is 4.39 Å². The maximum absolute atomic E-state index is 13.7. The maximum atomic E-state index is 13.7. The molecular weight excluding hydrogens is 345 g/mol. The van der Waals surface area contributed by atoms with Gasteiger partial charge < -0.3 is 0 Å². The van der Waals surface area contributed by atoms with Crippen molar-refractivity contribution >= 4 is 26.0 Å². The number of rotatable bonds is 4. The van der Waals surface area contributed by atoms with Gasteiger partial charge in [-0.25, -0.2) is 17.5 Å². The van der Waals surface area contributed by atoms with Gasteiger partial charge in [-0.05, 0) is 30.7 Å². The van der Waals surface area contributed by atoms with Gasteiger partial charge in [0, 0.05) is 11.0 Å². The molecule has 0 heterocycles. The molecule has 0 unspecified atom stereocenters. The van der Waals surface area contributed by atoms with Gasteiger partial charge in [0.15, 0.2) is 0 Å². The van der Waals surface area contributed by atoms with E-state index in [2.05, 4.69) is 20.7 Å². The number of halogens is 2. The zero-order chi connectivity index (χ0) is 14.8. The second kappa shape index (κ2) is 6.03. The Bertz CT molecular complexity index is 732. The van der Waals surface area contributed by atoms with Crippen LogP contribution in [-0.2, 0) is 16.6 Å². The van der Waals surface area contributed by atoms with E-state index in [0.717, 1.165) is 17.2 Å². The van der Waals surface area contributed by atoms with Gasteiger partial charge in [-0.3, -0.25) is 0 Å². The third kappa shape index (κ3) is 3.65. The largest absolute Gasteiger partial charge is 0.243 e. The van der Waals surface area contributed by atoms with Gasteiger partial charge in [0.1, 0.15) is 10.7 Å². The van der Waals surface area contributed by atoms with Crippen molar-refractivity contribution in [2.45, 2.75) is 18.4 Å². The van der Waals surface area contributed by atoms with E-state index in [9.17, 15) is 12.8 Å². The van der Waals surface area contributed by atoms with Crippen LogP contribution in [0.15, 0.2) is 51.8 Å². The number of sulfonamides is 1. The predicted molar refractivity (Wildman–Crippen MR) is 79.3 cm³/mol. The van der Waals surface area contributed by atoms with Gasteiger partial charge in [-0.2, -0.15) is 0 Å². The zero-order valence-electron chi connectivity index (χ0n) is 10.7. The summed E-state index contributed by atoms with van der Waals surface area (Å²) in [5.41, 5.74) is 1.86. The highest BCUT2D eigenvalue weighted by Gasteiger charge is 2.18.